The van der Waals surface area contributed by atoms with Crippen LogP contribution in [0.2, 0.25) is 0 Å². The highest BCUT2D eigenvalue weighted by molar-refractivity contribution is 5.81. The Bertz CT molecular complexity index is 916. The van der Waals surface area contributed by atoms with Gasteiger partial charge in [-0.25, -0.2) is 17.6 Å². The highest BCUT2D eigenvalue weighted by Crippen LogP contribution is 2.42. The number of amides is 1. The topological polar surface area (TPSA) is 72.3 Å². The van der Waals surface area contributed by atoms with E-state index in [0.717, 1.165) is 30.7 Å². The Labute approximate surface area is 179 Å². The zero-order valence-corrected chi connectivity index (χ0v) is 17.6. The van der Waals surface area contributed by atoms with E-state index in [0.29, 0.717) is 12.8 Å². The fourth-order valence-corrected chi connectivity index (χ4v) is 4.10. The van der Waals surface area contributed by atoms with Gasteiger partial charge in [0.2, 0.25) is 5.91 Å². The van der Waals surface area contributed by atoms with E-state index in [-0.39, 0.29) is 35.8 Å². The van der Waals surface area contributed by atoms with Crippen LogP contribution in [0, 0.1) is 29.2 Å². The predicted octanol–water partition coefficient (Wildman–Crippen LogP) is 4.61. The first-order valence-electron chi connectivity index (χ1n) is 10.4. The van der Waals surface area contributed by atoms with Crippen molar-refractivity contribution in [1.29, 1.82) is 0 Å². The molecule has 2 aromatic rings. The van der Waals surface area contributed by atoms with Crippen molar-refractivity contribution in [3.63, 3.8) is 0 Å². The molecule has 0 spiro atoms. The van der Waals surface area contributed by atoms with E-state index >= 15 is 0 Å². The Morgan fingerprint density at radius 1 is 0.871 bits per heavy atom. The van der Waals surface area contributed by atoms with E-state index in [4.69, 9.17) is 11.5 Å². The summed E-state index contributed by atoms with van der Waals surface area (Å²) in [6.45, 7) is 3.40. The van der Waals surface area contributed by atoms with Gasteiger partial charge < -0.3 is 11.5 Å². The van der Waals surface area contributed by atoms with Crippen molar-refractivity contribution in [2.75, 3.05) is 0 Å². The number of hydrogen-bond donors (Lipinski definition) is 2. The van der Waals surface area contributed by atoms with E-state index in [1.807, 2.05) is 0 Å². The second-order valence-electron chi connectivity index (χ2n) is 8.11. The third-order valence-corrected chi connectivity index (χ3v) is 6.39. The molecule has 4 nitrogen and oxygen atoms in total. The highest BCUT2D eigenvalue weighted by Gasteiger charge is 2.50. The molecule has 3 rings (SSSR count). The summed E-state index contributed by atoms with van der Waals surface area (Å²) in [6, 6.07) is 6.39. The van der Waals surface area contributed by atoms with E-state index in [2.05, 4.69) is 0 Å². The molecule has 2 atom stereocenters. The molecule has 0 bridgehead atoms. The lowest BCUT2D eigenvalue weighted by molar-refractivity contribution is -0.158. The van der Waals surface area contributed by atoms with Crippen molar-refractivity contribution >= 4 is 5.91 Å². The van der Waals surface area contributed by atoms with Gasteiger partial charge in [0.15, 0.2) is 23.3 Å². The van der Waals surface area contributed by atoms with Crippen molar-refractivity contribution in [2.24, 2.45) is 17.4 Å². The van der Waals surface area contributed by atoms with Crippen molar-refractivity contribution in [3.8, 4) is 0 Å². The second-order valence-corrected chi connectivity index (χ2v) is 8.11. The van der Waals surface area contributed by atoms with E-state index in [9.17, 15) is 22.4 Å². The van der Waals surface area contributed by atoms with Gasteiger partial charge >= 0.3 is 0 Å². The van der Waals surface area contributed by atoms with Crippen LogP contribution in [0.1, 0.15) is 57.1 Å². The lowest BCUT2D eigenvalue weighted by atomic mass is 9.80. The van der Waals surface area contributed by atoms with Gasteiger partial charge in [0.05, 0.1) is 0 Å². The summed E-state index contributed by atoms with van der Waals surface area (Å²) >= 11 is 0. The van der Waals surface area contributed by atoms with Crippen LogP contribution >= 0.6 is 0 Å². The highest BCUT2D eigenvalue weighted by atomic mass is 19.2. The number of halogens is 4. The minimum Gasteiger partial charge on any atom is -0.305 e. The summed E-state index contributed by atoms with van der Waals surface area (Å²) in [7, 11) is 0. The molecular weight excluding hydrogens is 410 g/mol. The molecule has 1 aliphatic carbocycles. The summed E-state index contributed by atoms with van der Waals surface area (Å²) in [5, 5.41) is 0. The van der Waals surface area contributed by atoms with Crippen LogP contribution in [0.15, 0.2) is 36.4 Å². The summed E-state index contributed by atoms with van der Waals surface area (Å²) in [6.07, 6.45) is 2.40. The zero-order valence-electron chi connectivity index (χ0n) is 17.6. The number of benzene rings is 2. The monoisotopic (exact) mass is 437 g/mol. The molecule has 0 heterocycles. The van der Waals surface area contributed by atoms with Crippen LogP contribution in [-0.4, -0.2) is 10.8 Å². The summed E-state index contributed by atoms with van der Waals surface area (Å²) in [5.74, 6) is -5.00. The third-order valence-electron chi connectivity index (χ3n) is 6.39. The average Bonchev–Trinajstić information content (AvgIpc) is 2.70. The molecule has 2 unspecified atom stereocenters. The number of nitrogens with zero attached hydrogens (tertiary/aromatic N) is 1. The van der Waals surface area contributed by atoms with E-state index in [1.165, 1.54) is 17.0 Å². The molecule has 1 amide bonds. The molecule has 0 saturated heterocycles. The van der Waals surface area contributed by atoms with Crippen molar-refractivity contribution < 1.29 is 22.4 Å². The summed E-state index contributed by atoms with van der Waals surface area (Å²) in [5.41, 5.74) is 10.6. The van der Waals surface area contributed by atoms with E-state index < -0.39 is 34.6 Å². The minimum atomic E-state index is -1.61. The Kier molecular flexibility index (Phi) is 6.43. The maximum absolute atomic E-state index is 14.1. The Hall–Kier alpha value is -2.45. The van der Waals surface area contributed by atoms with Gasteiger partial charge in [-0.3, -0.25) is 9.69 Å². The summed E-state index contributed by atoms with van der Waals surface area (Å²) < 4.78 is 55.4. The fraction of sp³-hybridized carbons (Fsp3) is 0.435. The van der Waals surface area contributed by atoms with Crippen LogP contribution in [0.4, 0.5) is 17.6 Å². The van der Waals surface area contributed by atoms with Gasteiger partial charge in [-0.2, -0.15) is 0 Å². The predicted molar refractivity (Wildman–Crippen MR) is 109 cm³/mol. The largest absolute Gasteiger partial charge is 0.305 e. The quantitative estimate of drug-likeness (QED) is 0.491. The Morgan fingerprint density at radius 2 is 1.29 bits per heavy atom. The number of nitrogens with two attached hydrogens (primary N) is 2. The SMILES string of the molecule is CCC(N)(c1ccc(F)c(F)c1)N(C(=O)C1CCC1)C(N)(CC)c1ccc(F)c(F)c1. The van der Waals surface area contributed by atoms with Crippen LogP contribution in [-0.2, 0) is 16.1 Å². The maximum Gasteiger partial charge on any atom is 0.229 e. The molecule has 1 fully saturated rings. The van der Waals surface area contributed by atoms with Crippen LogP contribution < -0.4 is 11.5 Å². The molecule has 168 valence electrons. The van der Waals surface area contributed by atoms with Crippen molar-refractivity contribution in [1.82, 2.24) is 4.90 Å². The number of hydrogen-bond acceptors (Lipinski definition) is 3. The van der Waals surface area contributed by atoms with E-state index in [1.54, 1.807) is 13.8 Å². The van der Waals surface area contributed by atoms with Gasteiger partial charge in [0.25, 0.3) is 0 Å². The summed E-state index contributed by atoms with van der Waals surface area (Å²) in [4.78, 5) is 14.9. The second kappa shape index (κ2) is 8.59. The molecule has 0 aliphatic heterocycles. The molecule has 0 radical (unpaired) electrons. The van der Waals surface area contributed by atoms with Gasteiger partial charge in [-0.05, 0) is 61.1 Å². The molecule has 31 heavy (non-hydrogen) atoms. The van der Waals surface area contributed by atoms with Crippen LogP contribution in [0.5, 0.6) is 0 Å². The van der Waals surface area contributed by atoms with Crippen molar-refractivity contribution in [2.45, 2.75) is 57.3 Å². The first-order valence-corrected chi connectivity index (χ1v) is 10.4. The first-order chi connectivity index (χ1) is 14.6. The van der Waals surface area contributed by atoms with Gasteiger partial charge in [-0.1, -0.05) is 32.4 Å². The number of carbonyl (C=O) groups is 1. The molecular formula is C23H27F4N3O. The van der Waals surface area contributed by atoms with Crippen LogP contribution in [0.3, 0.4) is 0 Å². The number of rotatable bonds is 7. The molecule has 2 aromatic carbocycles. The normalized spacial score (nSPS) is 18.1. The van der Waals surface area contributed by atoms with Gasteiger partial charge in [0, 0.05) is 5.92 Å². The lowest BCUT2D eigenvalue weighted by Crippen LogP contribution is -2.68. The maximum atomic E-state index is 14.1. The molecule has 0 aromatic heterocycles. The van der Waals surface area contributed by atoms with Crippen molar-refractivity contribution in [3.05, 3.63) is 70.8 Å². The average molecular weight is 437 g/mol. The Morgan fingerprint density at radius 3 is 1.58 bits per heavy atom. The fourth-order valence-electron chi connectivity index (χ4n) is 4.10. The molecule has 1 saturated carbocycles. The Balaban J connectivity index is 2.23. The minimum absolute atomic E-state index is 0.124. The first kappa shape index (κ1) is 23.2. The third kappa shape index (κ3) is 3.94. The zero-order chi connectivity index (χ0) is 23.0. The smallest absolute Gasteiger partial charge is 0.229 e. The van der Waals surface area contributed by atoms with Gasteiger partial charge in [-0.15, -0.1) is 0 Å². The molecule has 8 heteroatoms. The molecule has 4 N–H and O–H groups in total. The number of carbonyl (C=O) groups excluding carboxylic acids is 1. The van der Waals surface area contributed by atoms with Gasteiger partial charge in [0.1, 0.15) is 11.3 Å². The standard InChI is InChI=1S/C23H27F4N3O/c1-3-22(28,15-8-10-17(24)19(26)12-15)30(21(31)14-6-5-7-14)23(29,4-2)16-9-11-18(25)20(27)13-16/h8-14H,3-7,28-29H2,1-2H3. The molecule has 1 aliphatic rings. The van der Waals surface area contributed by atoms with Crippen LogP contribution in [0.25, 0.3) is 0 Å². The lowest BCUT2D eigenvalue weighted by Gasteiger charge is -2.53.